The lowest BCUT2D eigenvalue weighted by atomic mass is 10.2. The number of carbonyl (C=O) groups is 1. The summed E-state index contributed by atoms with van der Waals surface area (Å²) < 4.78 is 45.4. The molecule has 0 aliphatic carbocycles. The Kier molecular flexibility index (Phi) is 3.80. The van der Waals surface area contributed by atoms with Crippen molar-refractivity contribution in [1.29, 1.82) is 0 Å². The molecule has 7 nitrogen and oxygen atoms in total. The molecule has 1 N–H and O–H groups in total. The van der Waals surface area contributed by atoms with Crippen LogP contribution in [-0.4, -0.2) is 32.0 Å². The van der Waals surface area contributed by atoms with Crippen molar-refractivity contribution in [1.82, 2.24) is 24.9 Å². The molecule has 0 aliphatic rings. The second-order valence-corrected chi connectivity index (χ2v) is 4.65. The Bertz CT molecular complexity index is 899. The first-order valence-electron chi connectivity index (χ1n) is 6.68. The van der Waals surface area contributed by atoms with E-state index in [0.29, 0.717) is 4.52 Å². The first-order valence-corrected chi connectivity index (χ1v) is 6.68. The Morgan fingerprint density at radius 3 is 2.83 bits per heavy atom. The van der Waals surface area contributed by atoms with Gasteiger partial charge >= 0.3 is 6.18 Å². The number of rotatable bonds is 4. The molecule has 0 radical (unpaired) electrons. The van der Waals surface area contributed by atoms with Gasteiger partial charge in [0.15, 0.2) is 11.5 Å². The quantitative estimate of drug-likeness (QED) is 0.739. The Balaban J connectivity index is 2.16. The topological polar surface area (TPSA) is 85.3 Å². The third-order valence-electron chi connectivity index (χ3n) is 2.99. The number of furan rings is 1. The Morgan fingerprint density at radius 1 is 1.42 bits per heavy atom. The zero-order valence-electron chi connectivity index (χ0n) is 12.0. The van der Waals surface area contributed by atoms with Gasteiger partial charge in [-0.25, -0.2) is 4.98 Å². The van der Waals surface area contributed by atoms with Gasteiger partial charge in [-0.15, -0.1) is 11.7 Å². The number of nitrogens with zero attached hydrogens (tertiary/aromatic N) is 4. The Labute approximate surface area is 132 Å². The van der Waals surface area contributed by atoms with Crippen LogP contribution in [0.3, 0.4) is 0 Å². The summed E-state index contributed by atoms with van der Waals surface area (Å²) in [6, 6.07) is 3.77. The summed E-state index contributed by atoms with van der Waals surface area (Å²) in [5.41, 5.74) is -1.18. The van der Waals surface area contributed by atoms with Crippen molar-refractivity contribution in [2.24, 2.45) is 0 Å². The van der Waals surface area contributed by atoms with Gasteiger partial charge in [0.05, 0.1) is 6.26 Å². The van der Waals surface area contributed by atoms with Crippen molar-refractivity contribution >= 4 is 11.7 Å². The van der Waals surface area contributed by atoms with E-state index in [4.69, 9.17) is 4.42 Å². The second kappa shape index (κ2) is 5.80. The number of alkyl halides is 3. The number of carbonyl (C=O) groups excluding carboxylic acids is 1. The normalized spacial score (nSPS) is 11.6. The molecule has 0 unspecified atom stereocenters. The smallest absolute Gasteiger partial charge is 0.433 e. The lowest BCUT2D eigenvalue weighted by Gasteiger charge is -2.09. The summed E-state index contributed by atoms with van der Waals surface area (Å²) in [6.07, 6.45) is -1.99. The van der Waals surface area contributed by atoms with E-state index in [-0.39, 0.29) is 23.8 Å². The zero-order chi connectivity index (χ0) is 17.3. The zero-order valence-corrected chi connectivity index (χ0v) is 12.0. The minimum atomic E-state index is -4.72. The minimum Gasteiger partial charge on any atom is -0.463 e. The number of hydrogen-bond donors (Lipinski definition) is 1. The SMILES string of the molecule is C=CCNC(=O)c1nc2nc(-c3ccco3)cc(C(F)(F)F)n2n1. The average molecular weight is 337 g/mol. The van der Waals surface area contributed by atoms with Gasteiger partial charge in [0.2, 0.25) is 5.82 Å². The number of hydrogen-bond acceptors (Lipinski definition) is 5. The van der Waals surface area contributed by atoms with Crippen molar-refractivity contribution in [2.75, 3.05) is 6.54 Å². The average Bonchev–Trinajstić information content (AvgIpc) is 3.19. The molecule has 0 spiro atoms. The molecule has 3 heterocycles. The molecule has 3 aromatic heterocycles. The molecule has 0 fully saturated rings. The molecule has 24 heavy (non-hydrogen) atoms. The molecule has 124 valence electrons. The maximum absolute atomic E-state index is 13.3. The summed E-state index contributed by atoms with van der Waals surface area (Å²) >= 11 is 0. The molecule has 1 amide bonds. The summed E-state index contributed by atoms with van der Waals surface area (Å²) in [4.78, 5) is 19.6. The molecule has 0 aliphatic heterocycles. The monoisotopic (exact) mass is 337 g/mol. The highest BCUT2D eigenvalue weighted by atomic mass is 19.4. The number of aromatic nitrogens is 4. The maximum Gasteiger partial charge on any atom is 0.433 e. The van der Waals surface area contributed by atoms with Gasteiger partial charge in [0.25, 0.3) is 11.7 Å². The lowest BCUT2D eigenvalue weighted by molar-refractivity contribution is -0.142. The highest BCUT2D eigenvalue weighted by Gasteiger charge is 2.36. The van der Waals surface area contributed by atoms with E-state index in [0.717, 1.165) is 6.07 Å². The van der Waals surface area contributed by atoms with Gasteiger partial charge in [-0.1, -0.05) is 6.08 Å². The third-order valence-corrected chi connectivity index (χ3v) is 2.99. The summed E-state index contributed by atoms with van der Waals surface area (Å²) in [5.74, 6) is -1.37. The molecule has 0 aromatic carbocycles. The van der Waals surface area contributed by atoms with E-state index < -0.39 is 23.6 Å². The van der Waals surface area contributed by atoms with Crippen LogP contribution in [-0.2, 0) is 6.18 Å². The fourth-order valence-electron chi connectivity index (χ4n) is 1.96. The van der Waals surface area contributed by atoms with Gasteiger partial charge in [-0.3, -0.25) is 4.79 Å². The minimum absolute atomic E-state index is 0.0646. The molecule has 0 saturated heterocycles. The largest absolute Gasteiger partial charge is 0.463 e. The van der Waals surface area contributed by atoms with E-state index >= 15 is 0 Å². The summed E-state index contributed by atoms with van der Waals surface area (Å²) in [5, 5.41) is 5.99. The molecule has 0 saturated carbocycles. The van der Waals surface area contributed by atoms with E-state index in [1.165, 1.54) is 24.5 Å². The van der Waals surface area contributed by atoms with Crippen LogP contribution in [0, 0.1) is 0 Å². The van der Waals surface area contributed by atoms with E-state index in [1.54, 1.807) is 0 Å². The van der Waals surface area contributed by atoms with E-state index in [9.17, 15) is 18.0 Å². The number of halogens is 3. The molecular weight excluding hydrogens is 327 g/mol. The third kappa shape index (κ3) is 2.85. The first kappa shape index (κ1) is 15.7. The number of nitrogens with one attached hydrogen (secondary N) is 1. The van der Waals surface area contributed by atoms with E-state index in [2.05, 4.69) is 27.0 Å². The lowest BCUT2D eigenvalue weighted by Crippen LogP contribution is -2.24. The molecular formula is C14H10F3N5O2. The molecule has 0 atom stereocenters. The number of amides is 1. The van der Waals surface area contributed by atoms with Crippen molar-refractivity contribution in [2.45, 2.75) is 6.18 Å². The van der Waals surface area contributed by atoms with Crippen LogP contribution >= 0.6 is 0 Å². The van der Waals surface area contributed by atoms with Crippen molar-refractivity contribution in [3.8, 4) is 11.5 Å². The van der Waals surface area contributed by atoms with Crippen LogP contribution in [0.15, 0.2) is 41.5 Å². The van der Waals surface area contributed by atoms with Crippen molar-refractivity contribution in [3.63, 3.8) is 0 Å². The highest BCUT2D eigenvalue weighted by molar-refractivity contribution is 5.90. The fourth-order valence-corrected chi connectivity index (χ4v) is 1.96. The molecule has 3 rings (SSSR count). The fraction of sp³-hybridized carbons (Fsp3) is 0.143. The van der Waals surface area contributed by atoms with Gasteiger partial charge in [-0.2, -0.15) is 22.7 Å². The van der Waals surface area contributed by atoms with Crippen LogP contribution in [0.4, 0.5) is 13.2 Å². The Hall–Kier alpha value is -3.17. The second-order valence-electron chi connectivity index (χ2n) is 4.65. The summed E-state index contributed by atoms with van der Waals surface area (Å²) in [7, 11) is 0. The Morgan fingerprint density at radius 2 is 2.21 bits per heavy atom. The molecule has 3 aromatic rings. The van der Waals surface area contributed by atoms with E-state index in [1.807, 2.05) is 0 Å². The van der Waals surface area contributed by atoms with Crippen LogP contribution in [0.2, 0.25) is 0 Å². The van der Waals surface area contributed by atoms with Crippen molar-refractivity contribution < 1.29 is 22.4 Å². The van der Waals surface area contributed by atoms with Gasteiger partial charge in [0, 0.05) is 6.54 Å². The van der Waals surface area contributed by atoms with Crippen LogP contribution < -0.4 is 5.32 Å². The van der Waals surface area contributed by atoms with Gasteiger partial charge < -0.3 is 9.73 Å². The highest BCUT2D eigenvalue weighted by Crippen LogP contribution is 2.31. The standard InChI is InChI=1S/C14H10F3N5O2/c1-2-5-18-12(23)11-20-13-19-8(9-4-3-6-24-9)7-10(14(15,16)17)22(13)21-11/h2-4,6-7H,1,5H2,(H,18,23). The number of fused-ring (bicyclic) bond motifs is 1. The first-order chi connectivity index (χ1) is 11.4. The van der Waals surface area contributed by atoms with Crippen LogP contribution in [0.25, 0.3) is 17.2 Å². The summed E-state index contributed by atoms with van der Waals surface area (Å²) in [6.45, 7) is 3.55. The van der Waals surface area contributed by atoms with Crippen LogP contribution in [0.1, 0.15) is 16.3 Å². The molecule has 0 bridgehead atoms. The predicted molar refractivity (Wildman–Crippen MR) is 76.0 cm³/mol. The predicted octanol–water partition coefficient (Wildman–Crippen LogP) is 2.32. The molecule has 10 heteroatoms. The maximum atomic E-state index is 13.3. The van der Waals surface area contributed by atoms with Gasteiger partial charge in [0.1, 0.15) is 5.69 Å². The van der Waals surface area contributed by atoms with Gasteiger partial charge in [-0.05, 0) is 18.2 Å². The van der Waals surface area contributed by atoms with Crippen molar-refractivity contribution in [3.05, 3.63) is 48.6 Å². The van der Waals surface area contributed by atoms with Crippen LogP contribution in [0.5, 0.6) is 0 Å².